The molecule has 0 aliphatic heterocycles. The van der Waals surface area contributed by atoms with Crippen LogP contribution < -0.4 is 0 Å². The number of rotatable bonds is 5. The molecule has 0 spiro atoms. The molecular formula is C7H10F4O. The highest BCUT2D eigenvalue weighted by atomic mass is 19.3. The molecular weight excluding hydrogens is 176 g/mol. The van der Waals surface area contributed by atoms with Crippen LogP contribution in [0.2, 0.25) is 0 Å². The van der Waals surface area contributed by atoms with E-state index in [4.69, 9.17) is 0 Å². The molecule has 12 heavy (non-hydrogen) atoms. The van der Waals surface area contributed by atoms with Gasteiger partial charge in [0.2, 0.25) is 0 Å². The maximum absolute atomic E-state index is 12.5. The molecule has 1 nitrogen and oxygen atoms in total. The molecule has 0 aliphatic rings. The second kappa shape index (κ2) is 4.33. The summed E-state index contributed by atoms with van der Waals surface area (Å²) < 4.78 is 53.1. The molecule has 72 valence electrons. The van der Waals surface area contributed by atoms with E-state index in [1.165, 1.54) is 0 Å². The Labute approximate surface area is 68.0 Å². The van der Waals surface area contributed by atoms with E-state index in [0.29, 0.717) is 13.2 Å². The van der Waals surface area contributed by atoms with Gasteiger partial charge < -0.3 is 4.74 Å². The van der Waals surface area contributed by atoms with Crippen LogP contribution >= 0.6 is 0 Å². The molecule has 0 rings (SSSR count). The molecule has 0 aromatic carbocycles. The summed E-state index contributed by atoms with van der Waals surface area (Å²) in [5.74, 6) is -3.42. The Morgan fingerprint density at radius 1 is 1.58 bits per heavy atom. The first kappa shape index (κ1) is 11.3. The van der Waals surface area contributed by atoms with Crippen molar-refractivity contribution in [3.63, 3.8) is 0 Å². The molecule has 0 amide bonds. The van der Waals surface area contributed by atoms with E-state index < -0.39 is 24.9 Å². The molecule has 0 radical (unpaired) electrons. The number of hydrogen-bond acceptors (Lipinski definition) is 1. The van der Waals surface area contributed by atoms with Crippen LogP contribution in [0.15, 0.2) is 12.8 Å². The highest BCUT2D eigenvalue weighted by Gasteiger charge is 2.42. The molecule has 0 aromatic rings. The highest BCUT2D eigenvalue weighted by molar-refractivity contribution is 4.82. The van der Waals surface area contributed by atoms with E-state index in [1.54, 1.807) is 0 Å². The number of ether oxygens (including phenoxy) is 1. The fourth-order valence-corrected chi connectivity index (χ4v) is 0.707. The Bertz CT molecular complexity index is 143. The second-order valence-corrected chi connectivity index (χ2v) is 2.35. The topological polar surface area (TPSA) is 9.23 Å². The summed E-state index contributed by atoms with van der Waals surface area (Å²) in [6, 6.07) is 0. The Morgan fingerprint density at radius 3 is 2.33 bits per heavy atom. The monoisotopic (exact) mass is 186 g/mol. The third kappa shape index (κ3) is 3.11. The molecule has 2 atom stereocenters. The minimum Gasteiger partial charge on any atom is -0.489 e. The van der Waals surface area contributed by atoms with Gasteiger partial charge in [0.05, 0.1) is 6.26 Å². The van der Waals surface area contributed by atoms with Gasteiger partial charge in [-0.2, -0.15) is 0 Å². The van der Waals surface area contributed by atoms with Gasteiger partial charge in [-0.15, -0.1) is 0 Å². The highest BCUT2D eigenvalue weighted by Crippen LogP contribution is 2.25. The zero-order chi connectivity index (χ0) is 9.78. The first-order chi connectivity index (χ1) is 5.43. The van der Waals surface area contributed by atoms with Crippen LogP contribution in [0, 0.1) is 0 Å². The summed E-state index contributed by atoms with van der Waals surface area (Å²) in [7, 11) is 0. The van der Waals surface area contributed by atoms with Crippen molar-refractivity contribution in [2.24, 2.45) is 0 Å². The third-order valence-corrected chi connectivity index (χ3v) is 1.22. The first-order valence-corrected chi connectivity index (χ1v) is 3.27. The van der Waals surface area contributed by atoms with Crippen LogP contribution in [0.4, 0.5) is 17.6 Å². The summed E-state index contributed by atoms with van der Waals surface area (Å²) in [6.07, 6.45) is -3.76. The predicted octanol–water partition coefficient (Wildman–Crippen LogP) is 2.48. The minimum atomic E-state index is -3.42. The summed E-state index contributed by atoms with van der Waals surface area (Å²) in [6.45, 7) is 1.95. The third-order valence-electron chi connectivity index (χ3n) is 1.22. The van der Waals surface area contributed by atoms with Gasteiger partial charge >= 0.3 is 0 Å². The lowest BCUT2D eigenvalue weighted by Crippen LogP contribution is -2.40. The maximum Gasteiger partial charge on any atom is 0.284 e. The van der Waals surface area contributed by atoms with Gasteiger partial charge in [0.25, 0.3) is 5.92 Å². The van der Waals surface area contributed by atoms with E-state index in [0.717, 1.165) is 0 Å². The SMILES string of the molecule is C=COC(C(F)CF)C(C)(F)F. The van der Waals surface area contributed by atoms with Crippen molar-refractivity contribution in [3.8, 4) is 0 Å². The van der Waals surface area contributed by atoms with E-state index in [1.807, 2.05) is 0 Å². The van der Waals surface area contributed by atoms with E-state index in [9.17, 15) is 17.6 Å². The van der Waals surface area contributed by atoms with Crippen molar-refractivity contribution < 1.29 is 22.3 Å². The summed E-state index contributed by atoms with van der Waals surface area (Å²) in [5, 5.41) is 0. The van der Waals surface area contributed by atoms with Crippen molar-refractivity contribution in [1.29, 1.82) is 0 Å². The van der Waals surface area contributed by atoms with E-state index >= 15 is 0 Å². The van der Waals surface area contributed by atoms with Gasteiger partial charge in [0.1, 0.15) is 6.67 Å². The Morgan fingerprint density at radius 2 is 2.08 bits per heavy atom. The minimum absolute atomic E-state index is 0.462. The van der Waals surface area contributed by atoms with Gasteiger partial charge in [-0.1, -0.05) is 6.58 Å². The second-order valence-electron chi connectivity index (χ2n) is 2.35. The average Bonchev–Trinajstić information content (AvgIpc) is 1.96. The molecule has 0 N–H and O–H groups in total. The molecule has 0 bridgehead atoms. The zero-order valence-electron chi connectivity index (χ0n) is 6.57. The average molecular weight is 186 g/mol. The Balaban J connectivity index is 4.31. The molecule has 0 aromatic heterocycles. The standard InChI is InChI=1S/C7H10F4O/c1-3-12-6(5(9)4-8)7(2,10)11/h3,5-6H,1,4H2,2H3. The van der Waals surface area contributed by atoms with Gasteiger partial charge in [0.15, 0.2) is 12.3 Å². The maximum atomic E-state index is 12.5. The predicted molar refractivity (Wildman–Crippen MR) is 36.6 cm³/mol. The van der Waals surface area contributed by atoms with Crippen LogP contribution in [0.1, 0.15) is 6.92 Å². The summed E-state index contributed by atoms with van der Waals surface area (Å²) in [4.78, 5) is 0. The van der Waals surface area contributed by atoms with Crippen LogP contribution in [0.25, 0.3) is 0 Å². The fraction of sp³-hybridized carbons (Fsp3) is 0.714. The number of hydrogen-bond donors (Lipinski definition) is 0. The van der Waals surface area contributed by atoms with E-state index in [-0.39, 0.29) is 0 Å². The van der Waals surface area contributed by atoms with Crippen LogP contribution in [-0.4, -0.2) is 24.9 Å². The van der Waals surface area contributed by atoms with E-state index in [2.05, 4.69) is 11.3 Å². The molecule has 5 heteroatoms. The fourth-order valence-electron chi connectivity index (χ4n) is 0.707. The van der Waals surface area contributed by atoms with Gasteiger partial charge in [-0.05, 0) is 0 Å². The molecule has 0 saturated heterocycles. The van der Waals surface area contributed by atoms with Crippen molar-refractivity contribution >= 4 is 0 Å². The van der Waals surface area contributed by atoms with Crippen LogP contribution in [-0.2, 0) is 4.74 Å². The Hall–Kier alpha value is -0.740. The normalized spacial score (nSPS) is 16.8. The largest absolute Gasteiger partial charge is 0.489 e. The van der Waals surface area contributed by atoms with Crippen LogP contribution in [0.3, 0.4) is 0 Å². The molecule has 0 saturated carbocycles. The Kier molecular flexibility index (Phi) is 4.06. The summed E-state index contributed by atoms with van der Waals surface area (Å²) >= 11 is 0. The van der Waals surface area contributed by atoms with Crippen molar-refractivity contribution in [2.45, 2.75) is 25.1 Å². The van der Waals surface area contributed by atoms with Crippen LogP contribution in [0.5, 0.6) is 0 Å². The van der Waals surface area contributed by atoms with Crippen molar-refractivity contribution in [1.82, 2.24) is 0 Å². The lowest BCUT2D eigenvalue weighted by Gasteiger charge is -2.24. The lowest BCUT2D eigenvalue weighted by molar-refractivity contribution is -0.130. The smallest absolute Gasteiger partial charge is 0.284 e. The quantitative estimate of drug-likeness (QED) is 0.473. The van der Waals surface area contributed by atoms with Crippen molar-refractivity contribution in [2.75, 3.05) is 6.67 Å². The van der Waals surface area contributed by atoms with Crippen molar-refractivity contribution in [3.05, 3.63) is 12.8 Å². The first-order valence-electron chi connectivity index (χ1n) is 3.27. The summed E-state index contributed by atoms with van der Waals surface area (Å²) in [5.41, 5.74) is 0. The lowest BCUT2D eigenvalue weighted by atomic mass is 10.1. The molecule has 2 unspecified atom stereocenters. The molecule has 0 aliphatic carbocycles. The number of halogens is 4. The molecule has 0 fully saturated rings. The zero-order valence-corrected chi connectivity index (χ0v) is 6.57. The van der Waals surface area contributed by atoms with Gasteiger partial charge in [-0.3, -0.25) is 0 Å². The molecule has 0 heterocycles. The number of alkyl halides is 4. The van der Waals surface area contributed by atoms with Gasteiger partial charge in [-0.25, -0.2) is 17.6 Å². The van der Waals surface area contributed by atoms with Gasteiger partial charge in [0, 0.05) is 6.92 Å².